The first kappa shape index (κ1) is 20.8. The van der Waals surface area contributed by atoms with Crippen LogP contribution in [-0.2, 0) is 27.9 Å². The van der Waals surface area contributed by atoms with Gasteiger partial charge < -0.3 is 13.8 Å². The molecule has 0 atom stereocenters. The lowest BCUT2D eigenvalue weighted by Gasteiger charge is -2.27. The van der Waals surface area contributed by atoms with Gasteiger partial charge in [-0.15, -0.1) is 0 Å². The Morgan fingerprint density at radius 1 is 1.04 bits per heavy atom. The second-order valence-corrected chi connectivity index (χ2v) is 8.15. The molecule has 0 saturated carbocycles. The fourth-order valence-corrected chi connectivity index (χ4v) is 3.10. The lowest BCUT2D eigenvalue weighted by Crippen LogP contribution is -2.37. The number of nitrogens with zero attached hydrogens (tertiary/aromatic N) is 1. The smallest absolute Gasteiger partial charge is 0.306 e. The van der Waals surface area contributed by atoms with E-state index in [1.165, 1.54) is 0 Å². The summed E-state index contributed by atoms with van der Waals surface area (Å²) in [5, 5.41) is 0. The summed E-state index contributed by atoms with van der Waals surface area (Å²) in [5.41, 5.74) is 1.70. The number of benzene rings is 2. The summed E-state index contributed by atoms with van der Waals surface area (Å²) < 4.78 is 32.7. The maximum absolute atomic E-state index is 12.8. The molecule has 146 valence electrons. The van der Waals surface area contributed by atoms with Crippen LogP contribution in [0.5, 0.6) is 11.5 Å². The van der Waals surface area contributed by atoms with Crippen molar-refractivity contribution in [2.45, 2.75) is 32.9 Å². The molecule has 1 amide bonds. The van der Waals surface area contributed by atoms with Crippen LogP contribution in [0.2, 0.25) is 0 Å². The highest BCUT2D eigenvalue weighted by Crippen LogP contribution is 2.19. The van der Waals surface area contributed by atoms with Crippen molar-refractivity contribution in [2.24, 2.45) is 0 Å². The molecule has 2 aromatic rings. The van der Waals surface area contributed by atoms with Crippen LogP contribution in [0.25, 0.3) is 0 Å². The highest BCUT2D eigenvalue weighted by Gasteiger charge is 2.18. The highest BCUT2D eigenvalue weighted by atomic mass is 32.2. The number of amides is 1. The Labute approximate surface area is 160 Å². The summed E-state index contributed by atoms with van der Waals surface area (Å²) in [6.07, 6.45) is 1.28. The van der Waals surface area contributed by atoms with Gasteiger partial charge in [0.1, 0.15) is 11.5 Å². The maximum atomic E-state index is 12.8. The van der Waals surface area contributed by atoms with Crippen LogP contribution in [0, 0.1) is 0 Å². The molecule has 7 heteroatoms. The van der Waals surface area contributed by atoms with Crippen molar-refractivity contribution < 1.29 is 22.1 Å². The molecular weight excluding hydrogens is 366 g/mol. The number of carbonyl (C=O) groups is 1. The summed E-state index contributed by atoms with van der Waals surface area (Å²) in [6, 6.07) is 14.2. The van der Waals surface area contributed by atoms with E-state index >= 15 is 0 Å². The Morgan fingerprint density at radius 2 is 1.70 bits per heavy atom. The number of hydrogen-bond donors (Lipinski definition) is 0. The Hall–Kier alpha value is -2.54. The molecule has 0 N–H and O–H groups in total. The van der Waals surface area contributed by atoms with Gasteiger partial charge in [0.25, 0.3) is 0 Å². The molecule has 2 rings (SSSR count). The van der Waals surface area contributed by atoms with Gasteiger partial charge in [-0.25, -0.2) is 0 Å². The zero-order valence-corrected chi connectivity index (χ0v) is 16.8. The number of ether oxygens (including phenoxy) is 1. The topological polar surface area (TPSA) is 72.9 Å². The standard InChI is InChI=1S/C20H25NO5S/c1-15(2)21(20(22)13-16-8-10-18(25-3)11-9-16)14-17-6-5-7-19(12-17)26-27(4,23)24/h5-12,15H,13-14H2,1-4H3. The van der Waals surface area contributed by atoms with Gasteiger partial charge in [0.2, 0.25) is 5.91 Å². The van der Waals surface area contributed by atoms with E-state index in [2.05, 4.69) is 0 Å². The third kappa shape index (κ3) is 6.60. The van der Waals surface area contributed by atoms with E-state index in [-0.39, 0.29) is 24.1 Å². The second-order valence-electron chi connectivity index (χ2n) is 6.58. The van der Waals surface area contributed by atoms with E-state index in [1.54, 1.807) is 30.2 Å². The van der Waals surface area contributed by atoms with Crippen LogP contribution < -0.4 is 8.92 Å². The van der Waals surface area contributed by atoms with Crippen molar-refractivity contribution in [3.63, 3.8) is 0 Å². The van der Waals surface area contributed by atoms with Gasteiger partial charge in [-0.1, -0.05) is 24.3 Å². The molecule has 0 aliphatic rings. The van der Waals surface area contributed by atoms with Crippen molar-refractivity contribution in [3.8, 4) is 11.5 Å². The summed E-state index contributed by atoms with van der Waals surface area (Å²) >= 11 is 0. The number of carbonyl (C=O) groups excluding carboxylic acids is 1. The molecule has 0 radical (unpaired) electrons. The largest absolute Gasteiger partial charge is 0.497 e. The minimum Gasteiger partial charge on any atom is -0.497 e. The van der Waals surface area contributed by atoms with Gasteiger partial charge in [-0.05, 0) is 49.2 Å². The van der Waals surface area contributed by atoms with E-state index < -0.39 is 10.1 Å². The molecule has 2 aromatic carbocycles. The summed E-state index contributed by atoms with van der Waals surface area (Å²) in [5.74, 6) is 0.973. The van der Waals surface area contributed by atoms with Crippen LogP contribution >= 0.6 is 0 Å². The van der Waals surface area contributed by atoms with E-state index in [0.717, 1.165) is 23.1 Å². The molecule has 0 aliphatic heterocycles. The molecule has 0 aliphatic carbocycles. The monoisotopic (exact) mass is 391 g/mol. The van der Waals surface area contributed by atoms with Crippen molar-refractivity contribution in [1.29, 1.82) is 0 Å². The van der Waals surface area contributed by atoms with Gasteiger partial charge in [-0.2, -0.15) is 8.42 Å². The first-order valence-electron chi connectivity index (χ1n) is 8.58. The van der Waals surface area contributed by atoms with E-state index in [4.69, 9.17) is 8.92 Å². The van der Waals surface area contributed by atoms with Crippen molar-refractivity contribution in [2.75, 3.05) is 13.4 Å². The van der Waals surface area contributed by atoms with Crippen LogP contribution in [0.4, 0.5) is 0 Å². The second kappa shape index (κ2) is 8.90. The first-order chi connectivity index (χ1) is 12.7. The zero-order valence-electron chi connectivity index (χ0n) is 16.0. The fraction of sp³-hybridized carbons (Fsp3) is 0.350. The third-order valence-electron chi connectivity index (χ3n) is 3.96. The molecule has 0 saturated heterocycles. The lowest BCUT2D eigenvalue weighted by molar-refractivity contribution is -0.132. The normalized spacial score (nSPS) is 11.3. The number of methoxy groups -OCH3 is 1. The van der Waals surface area contributed by atoms with Gasteiger partial charge in [-0.3, -0.25) is 4.79 Å². The summed E-state index contributed by atoms with van der Waals surface area (Å²) in [6.45, 7) is 4.26. The van der Waals surface area contributed by atoms with Crippen LogP contribution in [0.15, 0.2) is 48.5 Å². The molecule has 6 nitrogen and oxygen atoms in total. The van der Waals surface area contributed by atoms with Crippen molar-refractivity contribution in [3.05, 3.63) is 59.7 Å². The Balaban J connectivity index is 2.12. The van der Waals surface area contributed by atoms with Gasteiger partial charge >= 0.3 is 10.1 Å². The lowest BCUT2D eigenvalue weighted by atomic mass is 10.1. The van der Waals surface area contributed by atoms with Crippen molar-refractivity contribution >= 4 is 16.0 Å². The molecular formula is C20H25NO5S. The average Bonchev–Trinajstić information content (AvgIpc) is 2.59. The van der Waals surface area contributed by atoms with Crippen LogP contribution in [0.3, 0.4) is 0 Å². The molecule has 0 aromatic heterocycles. The Kier molecular flexibility index (Phi) is 6.85. The molecule has 0 fully saturated rings. The Morgan fingerprint density at radius 3 is 2.26 bits per heavy atom. The maximum Gasteiger partial charge on any atom is 0.306 e. The average molecular weight is 391 g/mol. The predicted molar refractivity (Wildman–Crippen MR) is 104 cm³/mol. The number of rotatable bonds is 8. The molecule has 27 heavy (non-hydrogen) atoms. The fourth-order valence-electron chi connectivity index (χ4n) is 2.65. The van der Waals surface area contributed by atoms with Gasteiger partial charge in [0.05, 0.1) is 19.8 Å². The zero-order chi connectivity index (χ0) is 20.0. The number of hydrogen-bond acceptors (Lipinski definition) is 5. The minimum absolute atomic E-state index is 0.00442. The third-order valence-corrected chi connectivity index (χ3v) is 4.45. The SMILES string of the molecule is COc1ccc(CC(=O)N(Cc2cccc(OS(C)(=O)=O)c2)C(C)C)cc1. The molecule has 0 heterocycles. The van der Waals surface area contributed by atoms with Crippen LogP contribution in [-0.4, -0.2) is 38.6 Å². The van der Waals surface area contributed by atoms with Crippen LogP contribution in [0.1, 0.15) is 25.0 Å². The quantitative estimate of drug-likeness (QED) is 0.647. The van der Waals surface area contributed by atoms with E-state index in [9.17, 15) is 13.2 Å². The van der Waals surface area contributed by atoms with Gasteiger partial charge in [0.15, 0.2) is 0 Å². The van der Waals surface area contributed by atoms with E-state index in [1.807, 2.05) is 44.2 Å². The molecule has 0 unspecified atom stereocenters. The van der Waals surface area contributed by atoms with Gasteiger partial charge in [0, 0.05) is 12.6 Å². The Bertz CT molecular complexity index is 876. The summed E-state index contributed by atoms with van der Waals surface area (Å²) in [4.78, 5) is 14.5. The predicted octanol–water partition coefficient (Wildman–Crippen LogP) is 3.01. The minimum atomic E-state index is -3.59. The van der Waals surface area contributed by atoms with Crippen molar-refractivity contribution in [1.82, 2.24) is 4.90 Å². The molecule has 0 bridgehead atoms. The highest BCUT2D eigenvalue weighted by molar-refractivity contribution is 7.86. The first-order valence-corrected chi connectivity index (χ1v) is 10.4. The summed E-state index contributed by atoms with van der Waals surface area (Å²) in [7, 11) is -1.99. The molecule has 0 spiro atoms. The van der Waals surface area contributed by atoms with E-state index in [0.29, 0.717) is 6.54 Å².